The van der Waals surface area contributed by atoms with Crippen LogP contribution in [-0.4, -0.2) is 55.3 Å². The van der Waals surface area contributed by atoms with Crippen molar-refractivity contribution in [2.24, 2.45) is 0 Å². The maximum Gasteiger partial charge on any atom is 0.199 e. The molecule has 0 saturated carbocycles. The number of nitrogens with zero attached hydrogens (tertiary/aromatic N) is 6. The van der Waals surface area contributed by atoms with Gasteiger partial charge in [0.25, 0.3) is 0 Å². The van der Waals surface area contributed by atoms with E-state index in [9.17, 15) is 0 Å². The minimum absolute atomic E-state index is 0.725. The lowest BCUT2D eigenvalue weighted by Gasteiger charge is -2.34. The SMILES string of the molecule is CCCn1c(-c2ccncc2)nn(CN2CCN(Cc3ccc(Cl)cc3)CC2)c1=S. The molecule has 8 heteroatoms. The molecule has 1 aromatic carbocycles. The van der Waals surface area contributed by atoms with Crippen molar-refractivity contribution in [1.29, 1.82) is 0 Å². The minimum Gasteiger partial charge on any atom is -0.300 e. The molecule has 30 heavy (non-hydrogen) atoms. The Morgan fingerprint density at radius 2 is 1.63 bits per heavy atom. The highest BCUT2D eigenvalue weighted by Crippen LogP contribution is 2.19. The molecule has 6 nitrogen and oxygen atoms in total. The van der Waals surface area contributed by atoms with Crippen LogP contribution in [0.15, 0.2) is 48.8 Å². The molecule has 1 aliphatic heterocycles. The Hall–Kier alpha value is -2.06. The van der Waals surface area contributed by atoms with Crippen LogP contribution < -0.4 is 0 Å². The number of hydrogen-bond acceptors (Lipinski definition) is 5. The van der Waals surface area contributed by atoms with Crippen LogP contribution in [0.25, 0.3) is 11.4 Å². The second kappa shape index (κ2) is 9.83. The Kier molecular flexibility index (Phi) is 6.94. The Morgan fingerprint density at radius 1 is 0.967 bits per heavy atom. The van der Waals surface area contributed by atoms with Crippen LogP contribution in [0.4, 0.5) is 0 Å². The van der Waals surface area contributed by atoms with E-state index in [1.54, 1.807) is 12.4 Å². The van der Waals surface area contributed by atoms with Crippen LogP contribution in [0.2, 0.25) is 5.02 Å². The fraction of sp³-hybridized carbons (Fsp3) is 0.409. The number of benzene rings is 1. The summed E-state index contributed by atoms with van der Waals surface area (Å²) in [7, 11) is 0. The summed E-state index contributed by atoms with van der Waals surface area (Å²) in [6.45, 7) is 8.78. The fourth-order valence-electron chi connectivity index (χ4n) is 3.80. The van der Waals surface area contributed by atoms with Crippen molar-refractivity contribution >= 4 is 23.8 Å². The molecule has 1 fully saturated rings. The molecule has 158 valence electrons. The van der Waals surface area contributed by atoms with Gasteiger partial charge in [0.1, 0.15) is 0 Å². The Labute approximate surface area is 187 Å². The van der Waals surface area contributed by atoms with E-state index in [1.807, 2.05) is 28.9 Å². The lowest BCUT2D eigenvalue weighted by atomic mass is 10.2. The van der Waals surface area contributed by atoms with Gasteiger partial charge in [0.2, 0.25) is 0 Å². The molecule has 0 unspecified atom stereocenters. The Balaban J connectivity index is 1.41. The van der Waals surface area contributed by atoms with E-state index in [2.05, 4.69) is 38.4 Å². The molecule has 4 rings (SSSR count). The molecule has 0 radical (unpaired) electrons. The first-order valence-electron chi connectivity index (χ1n) is 10.4. The predicted molar refractivity (Wildman–Crippen MR) is 123 cm³/mol. The lowest BCUT2D eigenvalue weighted by molar-refractivity contribution is 0.0980. The van der Waals surface area contributed by atoms with Crippen molar-refractivity contribution < 1.29 is 0 Å². The summed E-state index contributed by atoms with van der Waals surface area (Å²) in [5, 5.41) is 5.65. The first-order chi connectivity index (χ1) is 14.6. The first kappa shape index (κ1) is 21.2. The van der Waals surface area contributed by atoms with Crippen molar-refractivity contribution in [3.63, 3.8) is 0 Å². The van der Waals surface area contributed by atoms with Gasteiger partial charge in [0.15, 0.2) is 10.6 Å². The largest absolute Gasteiger partial charge is 0.300 e. The van der Waals surface area contributed by atoms with Crippen molar-refractivity contribution in [2.75, 3.05) is 26.2 Å². The smallest absolute Gasteiger partial charge is 0.199 e. The molecule has 0 aliphatic carbocycles. The summed E-state index contributed by atoms with van der Waals surface area (Å²) >= 11 is 11.8. The van der Waals surface area contributed by atoms with Gasteiger partial charge in [0.05, 0.1) is 6.67 Å². The average molecular weight is 443 g/mol. The average Bonchev–Trinajstić information content (AvgIpc) is 3.07. The topological polar surface area (TPSA) is 42.1 Å². The number of aromatic nitrogens is 4. The normalized spacial score (nSPS) is 15.5. The van der Waals surface area contributed by atoms with Gasteiger partial charge in [-0.1, -0.05) is 30.7 Å². The number of piperazine rings is 1. The summed E-state index contributed by atoms with van der Waals surface area (Å²) in [5.41, 5.74) is 2.35. The third-order valence-corrected chi connectivity index (χ3v) is 6.11. The van der Waals surface area contributed by atoms with E-state index >= 15 is 0 Å². The van der Waals surface area contributed by atoms with Gasteiger partial charge in [-0.05, 0) is 48.5 Å². The zero-order valence-electron chi connectivity index (χ0n) is 17.2. The first-order valence-corrected chi connectivity index (χ1v) is 11.2. The summed E-state index contributed by atoms with van der Waals surface area (Å²) in [6, 6.07) is 12.1. The molecule has 3 aromatic rings. The Morgan fingerprint density at radius 3 is 2.30 bits per heavy atom. The van der Waals surface area contributed by atoms with Gasteiger partial charge in [-0.15, -0.1) is 0 Å². The van der Waals surface area contributed by atoms with Crippen LogP contribution in [0.5, 0.6) is 0 Å². The summed E-state index contributed by atoms with van der Waals surface area (Å²) in [6.07, 6.45) is 4.61. The maximum absolute atomic E-state index is 5.99. The third-order valence-electron chi connectivity index (χ3n) is 5.43. The summed E-state index contributed by atoms with van der Waals surface area (Å²) in [4.78, 5) is 9.03. The highest BCUT2D eigenvalue weighted by molar-refractivity contribution is 7.71. The van der Waals surface area contributed by atoms with Crippen molar-refractivity contribution in [2.45, 2.75) is 33.1 Å². The van der Waals surface area contributed by atoms with Crippen LogP contribution >= 0.6 is 23.8 Å². The second-order valence-electron chi connectivity index (χ2n) is 7.66. The minimum atomic E-state index is 0.725. The predicted octanol–water partition coefficient (Wildman–Crippen LogP) is 4.31. The molecular weight excluding hydrogens is 416 g/mol. The third kappa shape index (κ3) is 4.98. The monoisotopic (exact) mass is 442 g/mol. The lowest BCUT2D eigenvalue weighted by Crippen LogP contribution is -2.46. The molecule has 3 heterocycles. The van der Waals surface area contributed by atoms with Gasteiger partial charge in [0, 0.05) is 62.2 Å². The van der Waals surface area contributed by atoms with Crippen LogP contribution in [0.3, 0.4) is 0 Å². The van der Waals surface area contributed by atoms with Gasteiger partial charge < -0.3 is 0 Å². The quantitative estimate of drug-likeness (QED) is 0.510. The van der Waals surface area contributed by atoms with Crippen molar-refractivity contribution in [3.8, 4) is 11.4 Å². The molecule has 0 spiro atoms. The van der Waals surface area contributed by atoms with Gasteiger partial charge in [-0.25, -0.2) is 4.68 Å². The van der Waals surface area contributed by atoms with E-state index in [0.29, 0.717) is 0 Å². The molecule has 0 N–H and O–H groups in total. The van der Waals surface area contributed by atoms with Crippen LogP contribution in [-0.2, 0) is 19.8 Å². The standard InChI is InChI=1S/C22H27ClN6S/c1-2-11-28-21(19-7-9-24-10-8-19)25-29(22(28)30)17-27-14-12-26(13-15-27)16-18-3-5-20(23)6-4-18/h3-10H,2,11-17H2,1H3. The zero-order valence-corrected chi connectivity index (χ0v) is 18.8. The number of halogens is 1. The summed E-state index contributed by atoms with van der Waals surface area (Å²) in [5.74, 6) is 0.922. The Bertz CT molecular complexity index is 1010. The van der Waals surface area contributed by atoms with Gasteiger partial charge in [-0.3, -0.25) is 19.4 Å². The molecule has 0 amide bonds. The van der Waals surface area contributed by atoms with E-state index < -0.39 is 0 Å². The highest BCUT2D eigenvalue weighted by atomic mass is 35.5. The number of pyridine rings is 1. The molecule has 1 aliphatic rings. The summed E-state index contributed by atoms with van der Waals surface area (Å²) < 4.78 is 4.89. The fourth-order valence-corrected chi connectivity index (χ4v) is 4.20. The second-order valence-corrected chi connectivity index (χ2v) is 8.46. The van der Waals surface area contributed by atoms with Gasteiger partial charge in [-0.2, -0.15) is 5.10 Å². The van der Waals surface area contributed by atoms with Crippen LogP contribution in [0.1, 0.15) is 18.9 Å². The zero-order chi connectivity index (χ0) is 20.9. The molecule has 0 bridgehead atoms. The maximum atomic E-state index is 5.99. The van der Waals surface area contributed by atoms with E-state index in [-0.39, 0.29) is 0 Å². The molecule has 2 aromatic heterocycles. The van der Waals surface area contributed by atoms with E-state index in [4.69, 9.17) is 28.9 Å². The number of hydrogen-bond donors (Lipinski definition) is 0. The molecule has 0 atom stereocenters. The molecule has 1 saturated heterocycles. The van der Waals surface area contributed by atoms with E-state index in [1.165, 1.54) is 5.56 Å². The number of rotatable bonds is 7. The van der Waals surface area contributed by atoms with Crippen LogP contribution in [0, 0.1) is 4.77 Å². The highest BCUT2D eigenvalue weighted by Gasteiger charge is 2.19. The van der Waals surface area contributed by atoms with Crippen molar-refractivity contribution in [1.82, 2.24) is 29.1 Å². The molecular formula is C22H27ClN6S. The van der Waals surface area contributed by atoms with Gasteiger partial charge >= 0.3 is 0 Å². The van der Waals surface area contributed by atoms with E-state index in [0.717, 1.165) is 73.5 Å². The van der Waals surface area contributed by atoms with Crippen molar-refractivity contribution in [3.05, 3.63) is 64.1 Å².